The molecule has 1 aliphatic heterocycles. The summed E-state index contributed by atoms with van der Waals surface area (Å²) in [6.07, 6.45) is 1.85. The second kappa shape index (κ2) is 9.44. The SMILES string of the molecule is CC(C)(C)[Si](C)(C)Oc1ccc(NC(=O)OC2CCN(c3ccc(F)cc3F)CC2)nc1. The van der Waals surface area contributed by atoms with E-state index in [2.05, 4.69) is 44.2 Å². The van der Waals surface area contributed by atoms with Gasteiger partial charge in [-0.1, -0.05) is 20.8 Å². The molecule has 1 aromatic carbocycles. The molecule has 3 rings (SSSR count). The van der Waals surface area contributed by atoms with Gasteiger partial charge in [0, 0.05) is 32.0 Å². The maximum absolute atomic E-state index is 14.0. The number of piperidine rings is 1. The number of carbonyl (C=O) groups excluding carboxylic acids is 1. The van der Waals surface area contributed by atoms with Crippen molar-refractivity contribution in [2.75, 3.05) is 23.3 Å². The van der Waals surface area contributed by atoms with E-state index in [1.807, 2.05) is 4.90 Å². The molecule has 0 spiro atoms. The van der Waals surface area contributed by atoms with Crippen LogP contribution in [0.5, 0.6) is 5.75 Å². The lowest BCUT2D eigenvalue weighted by Crippen LogP contribution is -2.43. The topological polar surface area (TPSA) is 63.7 Å². The van der Waals surface area contributed by atoms with Crippen molar-refractivity contribution in [3.63, 3.8) is 0 Å². The molecular weight excluding hydrogens is 432 g/mol. The van der Waals surface area contributed by atoms with Crippen molar-refractivity contribution in [3.05, 3.63) is 48.2 Å². The van der Waals surface area contributed by atoms with E-state index >= 15 is 0 Å². The number of benzene rings is 1. The first kappa shape index (κ1) is 24.0. The van der Waals surface area contributed by atoms with Crippen LogP contribution in [-0.4, -0.2) is 38.6 Å². The van der Waals surface area contributed by atoms with Gasteiger partial charge < -0.3 is 14.1 Å². The fraction of sp³-hybridized carbons (Fsp3) is 0.478. The van der Waals surface area contributed by atoms with Crippen LogP contribution in [0.15, 0.2) is 36.5 Å². The van der Waals surface area contributed by atoms with Gasteiger partial charge >= 0.3 is 6.09 Å². The molecule has 0 atom stereocenters. The molecule has 2 heterocycles. The second-order valence-corrected chi connectivity index (χ2v) is 14.3. The van der Waals surface area contributed by atoms with Crippen LogP contribution in [0, 0.1) is 11.6 Å². The zero-order chi connectivity index (χ0) is 23.5. The van der Waals surface area contributed by atoms with Crippen molar-refractivity contribution >= 4 is 25.9 Å². The summed E-state index contributed by atoms with van der Waals surface area (Å²) >= 11 is 0. The van der Waals surface area contributed by atoms with Crippen LogP contribution >= 0.6 is 0 Å². The number of anilines is 2. The molecule has 0 bridgehead atoms. The van der Waals surface area contributed by atoms with Crippen molar-refractivity contribution in [1.82, 2.24) is 4.98 Å². The monoisotopic (exact) mass is 463 g/mol. The van der Waals surface area contributed by atoms with Crippen molar-refractivity contribution in [3.8, 4) is 5.75 Å². The molecule has 32 heavy (non-hydrogen) atoms. The molecule has 1 aromatic heterocycles. The van der Waals surface area contributed by atoms with Crippen LogP contribution in [0.4, 0.5) is 25.1 Å². The lowest BCUT2D eigenvalue weighted by atomic mass is 10.1. The highest BCUT2D eigenvalue weighted by Crippen LogP contribution is 2.37. The molecular formula is C23H31F2N3O3Si. The molecule has 0 unspecified atom stereocenters. The fourth-order valence-corrected chi connectivity index (χ4v) is 4.22. The Labute approximate surface area is 189 Å². The van der Waals surface area contributed by atoms with E-state index in [9.17, 15) is 13.6 Å². The van der Waals surface area contributed by atoms with Crippen LogP contribution < -0.4 is 14.6 Å². The van der Waals surface area contributed by atoms with Gasteiger partial charge in [-0.2, -0.15) is 0 Å². The molecule has 1 amide bonds. The number of nitrogens with one attached hydrogen (secondary N) is 1. The van der Waals surface area contributed by atoms with Crippen molar-refractivity contribution < 1.29 is 22.7 Å². The van der Waals surface area contributed by atoms with Gasteiger partial charge in [0.15, 0.2) is 0 Å². The normalized spacial score (nSPS) is 15.4. The van der Waals surface area contributed by atoms with Gasteiger partial charge in [0.2, 0.25) is 0 Å². The Morgan fingerprint density at radius 1 is 1.16 bits per heavy atom. The number of amides is 1. The maximum atomic E-state index is 14.0. The van der Waals surface area contributed by atoms with Crippen molar-refractivity contribution in [1.29, 1.82) is 0 Å². The third kappa shape index (κ3) is 5.97. The first-order chi connectivity index (χ1) is 14.9. The molecule has 174 valence electrons. The van der Waals surface area contributed by atoms with Gasteiger partial charge in [0.05, 0.1) is 11.9 Å². The third-order valence-corrected chi connectivity index (χ3v) is 10.5. The predicted octanol–water partition coefficient (Wildman–Crippen LogP) is 5.96. The number of carbonyl (C=O) groups is 1. The van der Waals surface area contributed by atoms with E-state index in [0.717, 1.165) is 6.07 Å². The number of halogens is 2. The van der Waals surface area contributed by atoms with Crippen LogP contribution in [-0.2, 0) is 4.74 Å². The number of aromatic nitrogens is 1. The lowest BCUT2D eigenvalue weighted by molar-refractivity contribution is 0.0949. The van der Waals surface area contributed by atoms with E-state index in [1.54, 1.807) is 18.3 Å². The Bertz CT molecular complexity index is 940. The summed E-state index contributed by atoms with van der Waals surface area (Å²) in [4.78, 5) is 18.3. The molecule has 9 heteroatoms. The smallest absolute Gasteiger partial charge is 0.413 e. The van der Waals surface area contributed by atoms with E-state index in [1.165, 1.54) is 12.1 Å². The predicted molar refractivity (Wildman–Crippen MR) is 124 cm³/mol. The van der Waals surface area contributed by atoms with E-state index in [-0.39, 0.29) is 11.1 Å². The minimum atomic E-state index is -1.96. The second-order valence-electron chi connectivity index (χ2n) is 9.55. The number of hydrogen-bond donors (Lipinski definition) is 1. The summed E-state index contributed by atoms with van der Waals surface area (Å²) in [6.45, 7) is 11.8. The first-order valence-corrected chi connectivity index (χ1v) is 13.7. The van der Waals surface area contributed by atoms with Crippen LogP contribution in [0.2, 0.25) is 18.1 Å². The summed E-state index contributed by atoms with van der Waals surface area (Å²) in [7, 11) is -1.96. The largest absolute Gasteiger partial charge is 0.542 e. The molecule has 0 radical (unpaired) electrons. The van der Waals surface area contributed by atoms with Gasteiger partial charge in [0.25, 0.3) is 8.32 Å². The number of rotatable bonds is 5. The molecule has 1 aliphatic rings. The molecule has 6 nitrogen and oxygen atoms in total. The Balaban J connectivity index is 1.48. The van der Waals surface area contributed by atoms with Crippen molar-refractivity contribution in [2.45, 2.75) is 57.8 Å². The van der Waals surface area contributed by atoms with Gasteiger partial charge in [0.1, 0.15) is 29.3 Å². The Hall–Kier alpha value is -2.68. The average molecular weight is 464 g/mol. The standard InChI is InChI=1S/C23H31F2N3O3Si/c1-23(2,3)32(4,5)31-18-7-9-21(26-15-18)27-22(29)30-17-10-12-28(13-11-17)20-8-6-16(24)14-19(20)25/h6-9,14-15,17H,10-13H2,1-5H3,(H,26,27,29). The van der Waals surface area contributed by atoms with Crippen LogP contribution in [0.3, 0.4) is 0 Å². The number of ether oxygens (including phenoxy) is 1. The highest BCUT2D eigenvalue weighted by molar-refractivity contribution is 6.74. The number of nitrogens with zero attached hydrogens (tertiary/aromatic N) is 2. The molecule has 0 aliphatic carbocycles. The summed E-state index contributed by atoms with van der Waals surface area (Å²) in [6, 6.07) is 7.02. The van der Waals surface area contributed by atoms with Gasteiger partial charge in [-0.15, -0.1) is 0 Å². The maximum Gasteiger partial charge on any atom is 0.413 e. The van der Waals surface area contributed by atoms with E-state index in [4.69, 9.17) is 9.16 Å². The quantitative estimate of drug-likeness (QED) is 0.554. The minimum absolute atomic E-state index is 0.0752. The Morgan fingerprint density at radius 2 is 1.84 bits per heavy atom. The summed E-state index contributed by atoms with van der Waals surface area (Å²) in [5, 5.41) is 2.71. The molecule has 1 fully saturated rings. The van der Waals surface area contributed by atoms with Gasteiger partial charge in [-0.25, -0.2) is 18.6 Å². The van der Waals surface area contributed by atoms with Crippen molar-refractivity contribution in [2.24, 2.45) is 0 Å². The average Bonchev–Trinajstić information content (AvgIpc) is 2.69. The van der Waals surface area contributed by atoms with E-state index < -0.39 is 26.0 Å². The first-order valence-electron chi connectivity index (χ1n) is 10.8. The number of pyridine rings is 1. The fourth-order valence-electron chi connectivity index (χ4n) is 3.20. The lowest BCUT2D eigenvalue weighted by Gasteiger charge is -2.36. The van der Waals surface area contributed by atoms with Crippen LogP contribution in [0.25, 0.3) is 0 Å². The molecule has 1 saturated heterocycles. The van der Waals surface area contributed by atoms with E-state index in [0.29, 0.717) is 43.2 Å². The van der Waals surface area contributed by atoms with Gasteiger partial charge in [-0.05, 0) is 42.4 Å². The zero-order valence-electron chi connectivity index (χ0n) is 19.2. The summed E-state index contributed by atoms with van der Waals surface area (Å²) in [5.41, 5.74) is 0.360. The highest BCUT2D eigenvalue weighted by Gasteiger charge is 2.39. The zero-order valence-corrected chi connectivity index (χ0v) is 20.2. The number of hydrogen-bond acceptors (Lipinski definition) is 5. The van der Waals surface area contributed by atoms with Gasteiger partial charge in [-0.3, -0.25) is 5.32 Å². The third-order valence-electron chi connectivity index (χ3n) is 6.11. The highest BCUT2D eigenvalue weighted by atomic mass is 28.4. The molecule has 1 N–H and O–H groups in total. The molecule has 0 saturated carbocycles. The summed E-state index contributed by atoms with van der Waals surface area (Å²) in [5.74, 6) is -0.136. The summed E-state index contributed by atoms with van der Waals surface area (Å²) < 4.78 is 38.8. The van der Waals surface area contributed by atoms with Crippen LogP contribution in [0.1, 0.15) is 33.6 Å². The Kier molecular flexibility index (Phi) is 7.07. The minimum Gasteiger partial charge on any atom is -0.542 e. The Morgan fingerprint density at radius 3 is 2.41 bits per heavy atom. The molecule has 2 aromatic rings.